The van der Waals surface area contributed by atoms with Crippen LogP contribution < -0.4 is 14.7 Å². The molecule has 168 valence electrons. The highest BCUT2D eigenvalue weighted by molar-refractivity contribution is 5.45. The summed E-state index contributed by atoms with van der Waals surface area (Å²) in [5, 5.41) is 19.4. The largest absolute Gasteiger partial charge is 0.376 e. The third kappa shape index (κ3) is 8.55. The van der Waals surface area contributed by atoms with E-state index < -0.39 is 13.5 Å². The molecule has 2 N–H and O–H groups in total. The third-order valence-corrected chi connectivity index (χ3v) is 3.26. The van der Waals surface area contributed by atoms with Crippen molar-refractivity contribution < 1.29 is 38.6 Å². The summed E-state index contributed by atoms with van der Waals surface area (Å²) in [6.45, 7) is -0.570. The Morgan fingerprint density at radius 2 is 1.03 bits per heavy atom. The Hall–Kier alpha value is -1.91. The van der Waals surface area contributed by atoms with Crippen molar-refractivity contribution in [3.05, 3.63) is 0 Å². The Bertz CT molecular complexity index is 552. The first kappa shape index (κ1) is 25.1. The second-order valence-corrected chi connectivity index (χ2v) is 5.45. The smallest absolute Gasteiger partial charge is 0.235 e. The molecular formula is C15H30N6O8. The first-order valence-electron chi connectivity index (χ1n) is 8.48. The zero-order valence-corrected chi connectivity index (χ0v) is 17.2. The number of methoxy groups -OCH3 is 4. The second kappa shape index (κ2) is 15.0. The molecule has 1 aromatic heterocycles. The van der Waals surface area contributed by atoms with Crippen LogP contribution in [0.25, 0.3) is 0 Å². The van der Waals surface area contributed by atoms with Crippen LogP contribution in [0.15, 0.2) is 0 Å². The van der Waals surface area contributed by atoms with Crippen molar-refractivity contribution in [2.24, 2.45) is 0 Å². The zero-order chi connectivity index (χ0) is 21.5. The molecule has 0 aliphatic rings. The van der Waals surface area contributed by atoms with Crippen molar-refractivity contribution in [2.45, 2.75) is 0 Å². The van der Waals surface area contributed by atoms with Gasteiger partial charge in [-0.05, 0) is 0 Å². The Morgan fingerprint density at radius 3 is 1.48 bits per heavy atom. The van der Waals surface area contributed by atoms with Gasteiger partial charge in [-0.3, -0.25) is 14.7 Å². The highest BCUT2D eigenvalue weighted by Crippen LogP contribution is 2.19. The first-order chi connectivity index (χ1) is 14.1. The molecule has 0 atom stereocenters. The summed E-state index contributed by atoms with van der Waals surface area (Å²) in [6, 6.07) is 0. The average molecular weight is 422 g/mol. The van der Waals surface area contributed by atoms with Gasteiger partial charge in [0.15, 0.2) is 6.79 Å². The molecule has 14 heteroatoms. The van der Waals surface area contributed by atoms with Crippen LogP contribution >= 0.6 is 0 Å². The van der Waals surface area contributed by atoms with Crippen LogP contribution in [0.5, 0.6) is 0 Å². The normalized spacial score (nSPS) is 11.0. The van der Waals surface area contributed by atoms with Crippen LogP contribution in [-0.2, 0) is 28.4 Å². The molecule has 0 bridgehead atoms. The van der Waals surface area contributed by atoms with E-state index in [0.29, 0.717) is 0 Å². The molecule has 0 fully saturated rings. The number of aliphatic hydroxyl groups excluding tert-OH is 2. The summed E-state index contributed by atoms with van der Waals surface area (Å²) >= 11 is 0. The van der Waals surface area contributed by atoms with E-state index in [4.69, 9.17) is 28.4 Å². The molecule has 0 unspecified atom stereocenters. The first-order valence-corrected chi connectivity index (χ1v) is 8.48. The summed E-state index contributed by atoms with van der Waals surface area (Å²) in [6.07, 6.45) is 0. The maximum Gasteiger partial charge on any atom is 0.235 e. The van der Waals surface area contributed by atoms with Crippen LogP contribution in [0.3, 0.4) is 0 Å². The predicted octanol–water partition coefficient (Wildman–Crippen LogP) is -1.45. The van der Waals surface area contributed by atoms with Crippen molar-refractivity contribution in [3.8, 4) is 0 Å². The SMILES string of the molecule is COCOCOCN(CO)c1nc(N(CO)COC)nc(N(COC)COC)n1. The van der Waals surface area contributed by atoms with Crippen molar-refractivity contribution in [2.75, 3.05) is 97.1 Å². The van der Waals surface area contributed by atoms with E-state index in [0.717, 1.165) is 0 Å². The van der Waals surface area contributed by atoms with Gasteiger partial charge in [0.2, 0.25) is 17.8 Å². The predicted molar refractivity (Wildman–Crippen MR) is 101 cm³/mol. The van der Waals surface area contributed by atoms with E-state index in [1.165, 1.54) is 38.2 Å². The van der Waals surface area contributed by atoms with Crippen molar-refractivity contribution in [3.63, 3.8) is 0 Å². The van der Waals surface area contributed by atoms with Gasteiger partial charge < -0.3 is 38.6 Å². The van der Waals surface area contributed by atoms with Crippen LogP contribution in [0.4, 0.5) is 17.8 Å². The van der Waals surface area contributed by atoms with Gasteiger partial charge in [0.25, 0.3) is 0 Å². The van der Waals surface area contributed by atoms with Crippen molar-refractivity contribution in [1.29, 1.82) is 0 Å². The van der Waals surface area contributed by atoms with E-state index in [9.17, 15) is 10.2 Å². The van der Waals surface area contributed by atoms with Gasteiger partial charge in [0.05, 0.1) is 0 Å². The van der Waals surface area contributed by atoms with Crippen LogP contribution in [0, 0.1) is 0 Å². The quantitative estimate of drug-likeness (QED) is 0.223. The monoisotopic (exact) mass is 422 g/mol. The van der Waals surface area contributed by atoms with Gasteiger partial charge in [0, 0.05) is 28.4 Å². The molecule has 0 radical (unpaired) electrons. The van der Waals surface area contributed by atoms with E-state index in [1.807, 2.05) is 0 Å². The lowest BCUT2D eigenvalue weighted by molar-refractivity contribution is -0.121. The minimum Gasteiger partial charge on any atom is -0.376 e. The second-order valence-electron chi connectivity index (χ2n) is 5.45. The lowest BCUT2D eigenvalue weighted by Gasteiger charge is -2.26. The number of hydrogen-bond acceptors (Lipinski definition) is 14. The Labute approximate surface area is 169 Å². The van der Waals surface area contributed by atoms with Crippen molar-refractivity contribution in [1.82, 2.24) is 15.0 Å². The van der Waals surface area contributed by atoms with Gasteiger partial charge >= 0.3 is 0 Å². The zero-order valence-electron chi connectivity index (χ0n) is 17.2. The van der Waals surface area contributed by atoms with Crippen LogP contribution in [0.1, 0.15) is 0 Å². The molecule has 0 spiro atoms. The molecule has 1 aromatic rings. The number of aliphatic hydroxyl groups is 2. The Morgan fingerprint density at radius 1 is 0.586 bits per heavy atom. The van der Waals surface area contributed by atoms with Crippen LogP contribution in [0.2, 0.25) is 0 Å². The van der Waals surface area contributed by atoms with E-state index in [-0.39, 0.29) is 58.4 Å². The standard InChI is InChI=1S/C15H30N6O8/c1-24-7-19(5-22)13-16-14(20(6-23)10-28-12-29-11-27-4)18-15(17-13)21(8-25-2)9-26-3/h22-23H,5-12H2,1-4H3. The average Bonchev–Trinajstić information content (AvgIpc) is 2.74. The summed E-state index contributed by atoms with van der Waals surface area (Å²) in [5.74, 6) is 0.434. The van der Waals surface area contributed by atoms with Crippen LogP contribution in [-0.4, -0.2) is 108 Å². The number of nitrogens with zero attached hydrogens (tertiary/aromatic N) is 6. The van der Waals surface area contributed by atoms with Gasteiger partial charge in [-0.15, -0.1) is 0 Å². The highest BCUT2D eigenvalue weighted by atomic mass is 16.7. The topological polar surface area (TPSA) is 144 Å². The van der Waals surface area contributed by atoms with E-state index in [1.54, 1.807) is 4.90 Å². The summed E-state index contributed by atoms with van der Waals surface area (Å²) in [7, 11) is 6.00. The fourth-order valence-corrected chi connectivity index (χ4v) is 2.04. The molecule has 14 nitrogen and oxygen atoms in total. The summed E-state index contributed by atoms with van der Waals surface area (Å²) in [5.41, 5.74) is 0. The molecule has 0 saturated carbocycles. The minimum atomic E-state index is -0.439. The number of ether oxygens (including phenoxy) is 6. The number of rotatable bonds is 17. The highest BCUT2D eigenvalue weighted by Gasteiger charge is 2.20. The molecule has 0 aromatic carbocycles. The fraction of sp³-hybridized carbons (Fsp3) is 0.800. The molecule has 0 aliphatic heterocycles. The fourth-order valence-electron chi connectivity index (χ4n) is 2.04. The van der Waals surface area contributed by atoms with E-state index in [2.05, 4.69) is 15.0 Å². The minimum absolute atomic E-state index is 0.0361. The molecule has 29 heavy (non-hydrogen) atoms. The molecule has 1 rings (SSSR count). The molecule has 0 amide bonds. The van der Waals surface area contributed by atoms with Gasteiger partial charge in [-0.1, -0.05) is 0 Å². The summed E-state index contributed by atoms with van der Waals surface area (Å²) < 4.78 is 30.5. The van der Waals surface area contributed by atoms with Crippen molar-refractivity contribution >= 4 is 17.8 Å². The number of aromatic nitrogens is 3. The molecular weight excluding hydrogens is 392 g/mol. The molecule has 0 saturated heterocycles. The number of anilines is 3. The Kier molecular flexibility index (Phi) is 13.0. The third-order valence-electron chi connectivity index (χ3n) is 3.26. The number of hydrogen-bond donors (Lipinski definition) is 2. The lowest BCUT2D eigenvalue weighted by atomic mass is 10.6. The molecule has 1 heterocycles. The van der Waals surface area contributed by atoms with Gasteiger partial charge in [0.1, 0.15) is 47.2 Å². The maximum absolute atomic E-state index is 9.74. The molecule has 0 aliphatic carbocycles. The van der Waals surface area contributed by atoms with Gasteiger partial charge in [-0.25, -0.2) is 0 Å². The summed E-state index contributed by atoms with van der Waals surface area (Å²) in [4.78, 5) is 17.3. The lowest BCUT2D eigenvalue weighted by Crippen LogP contribution is -2.35. The maximum atomic E-state index is 9.74. The van der Waals surface area contributed by atoms with Gasteiger partial charge in [-0.2, -0.15) is 15.0 Å². The Balaban J connectivity index is 3.15. The van der Waals surface area contributed by atoms with E-state index >= 15 is 0 Å².